The number of carbonyl (C=O) groups excluding carboxylic acids is 4. The Morgan fingerprint density at radius 2 is 0.938 bits per heavy atom. The zero-order chi connectivity index (χ0) is 24.3. The minimum atomic E-state index is -1.65. The summed E-state index contributed by atoms with van der Waals surface area (Å²) in [6, 6.07) is 1.30. The highest BCUT2D eigenvalue weighted by molar-refractivity contribution is 6.09. The molecular weight excluding hydrogens is 432 g/mol. The van der Waals surface area contributed by atoms with Gasteiger partial charge >= 0.3 is 35.8 Å². The standard InChI is InChI=1S/C20H18O12/c1-3-15(21)29-5-7-31-19(27)13-9-12(18(25)26)14(10-11(13)17(23)24)20(28)32-8-6-30-16(22)4-2/h3-4,9-10H,1-2,5-8H2,(H,23,24)(H,25,26). The van der Waals surface area contributed by atoms with Gasteiger partial charge in [0.05, 0.1) is 22.3 Å². The Hall–Kier alpha value is -4.48. The van der Waals surface area contributed by atoms with E-state index in [0.717, 1.165) is 12.2 Å². The first kappa shape index (κ1) is 25.6. The van der Waals surface area contributed by atoms with Crippen molar-refractivity contribution in [2.75, 3.05) is 26.4 Å². The molecule has 0 atom stereocenters. The van der Waals surface area contributed by atoms with Crippen molar-refractivity contribution in [2.45, 2.75) is 0 Å². The van der Waals surface area contributed by atoms with Gasteiger partial charge in [-0.1, -0.05) is 13.2 Å². The van der Waals surface area contributed by atoms with E-state index in [-0.39, 0.29) is 13.2 Å². The molecule has 0 amide bonds. The van der Waals surface area contributed by atoms with Gasteiger partial charge in [0.15, 0.2) is 0 Å². The molecule has 1 rings (SSSR count). The van der Waals surface area contributed by atoms with Crippen LogP contribution >= 0.6 is 0 Å². The maximum Gasteiger partial charge on any atom is 0.339 e. The van der Waals surface area contributed by atoms with Crippen molar-refractivity contribution in [2.24, 2.45) is 0 Å². The number of benzene rings is 1. The monoisotopic (exact) mass is 450 g/mol. The first-order chi connectivity index (χ1) is 15.1. The first-order valence-corrected chi connectivity index (χ1v) is 8.69. The van der Waals surface area contributed by atoms with Gasteiger partial charge in [0.2, 0.25) is 0 Å². The van der Waals surface area contributed by atoms with E-state index in [2.05, 4.69) is 22.6 Å². The van der Waals surface area contributed by atoms with E-state index in [0.29, 0.717) is 12.1 Å². The molecule has 0 aliphatic heterocycles. The molecule has 0 spiro atoms. The van der Waals surface area contributed by atoms with Crippen LogP contribution < -0.4 is 0 Å². The van der Waals surface area contributed by atoms with Gasteiger partial charge in [-0.2, -0.15) is 0 Å². The minimum Gasteiger partial charge on any atom is -0.478 e. The van der Waals surface area contributed by atoms with E-state index < -0.39 is 71.3 Å². The molecule has 1 aromatic carbocycles. The van der Waals surface area contributed by atoms with Crippen LogP contribution in [-0.2, 0) is 28.5 Å². The zero-order valence-corrected chi connectivity index (χ0v) is 16.5. The Bertz CT molecular complexity index is 882. The molecule has 0 heterocycles. The molecule has 12 heteroatoms. The smallest absolute Gasteiger partial charge is 0.339 e. The lowest BCUT2D eigenvalue weighted by Gasteiger charge is -2.12. The second-order valence-electron chi connectivity index (χ2n) is 5.57. The third-order valence-corrected chi connectivity index (χ3v) is 3.51. The van der Waals surface area contributed by atoms with Crippen LogP contribution in [0, 0.1) is 0 Å². The zero-order valence-electron chi connectivity index (χ0n) is 16.5. The summed E-state index contributed by atoms with van der Waals surface area (Å²) in [4.78, 5) is 69.4. The highest BCUT2D eigenvalue weighted by Gasteiger charge is 2.27. The number of hydrogen-bond donors (Lipinski definition) is 2. The topological polar surface area (TPSA) is 180 Å². The Morgan fingerprint density at radius 3 is 1.22 bits per heavy atom. The summed E-state index contributed by atoms with van der Waals surface area (Å²) >= 11 is 0. The van der Waals surface area contributed by atoms with E-state index in [1.165, 1.54) is 0 Å². The molecule has 12 nitrogen and oxygen atoms in total. The van der Waals surface area contributed by atoms with Gasteiger partial charge in [-0.25, -0.2) is 28.8 Å². The van der Waals surface area contributed by atoms with Gasteiger partial charge in [0.25, 0.3) is 0 Å². The summed E-state index contributed by atoms with van der Waals surface area (Å²) in [5.41, 5.74) is -2.76. The summed E-state index contributed by atoms with van der Waals surface area (Å²) in [6.45, 7) is 4.73. The third kappa shape index (κ3) is 7.40. The number of carboxylic acid groups (broad SMARTS) is 2. The van der Waals surface area contributed by atoms with Gasteiger partial charge in [-0.3, -0.25) is 0 Å². The van der Waals surface area contributed by atoms with Gasteiger partial charge in [-0.05, 0) is 12.1 Å². The van der Waals surface area contributed by atoms with Crippen molar-refractivity contribution >= 4 is 35.8 Å². The van der Waals surface area contributed by atoms with Crippen molar-refractivity contribution in [1.82, 2.24) is 0 Å². The van der Waals surface area contributed by atoms with Crippen LogP contribution in [0.1, 0.15) is 41.4 Å². The van der Waals surface area contributed by atoms with Gasteiger partial charge in [-0.15, -0.1) is 0 Å². The van der Waals surface area contributed by atoms with E-state index in [9.17, 15) is 39.0 Å². The van der Waals surface area contributed by atoms with Crippen molar-refractivity contribution in [3.63, 3.8) is 0 Å². The maximum atomic E-state index is 12.2. The molecule has 0 fully saturated rings. The van der Waals surface area contributed by atoms with Crippen LogP contribution in [0.3, 0.4) is 0 Å². The van der Waals surface area contributed by atoms with Crippen molar-refractivity contribution < 1.29 is 57.9 Å². The van der Waals surface area contributed by atoms with E-state index in [1.54, 1.807) is 0 Å². The van der Waals surface area contributed by atoms with Crippen LogP contribution in [0.5, 0.6) is 0 Å². The van der Waals surface area contributed by atoms with Crippen LogP contribution in [-0.4, -0.2) is 72.5 Å². The molecule has 0 unspecified atom stereocenters. The number of carbonyl (C=O) groups is 6. The molecule has 0 aliphatic rings. The highest BCUT2D eigenvalue weighted by Crippen LogP contribution is 2.20. The van der Waals surface area contributed by atoms with Gasteiger partial charge in [0, 0.05) is 12.2 Å². The average Bonchev–Trinajstić information content (AvgIpc) is 2.77. The lowest BCUT2D eigenvalue weighted by molar-refractivity contribution is -0.139. The predicted molar refractivity (Wildman–Crippen MR) is 103 cm³/mol. The lowest BCUT2D eigenvalue weighted by atomic mass is 9.98. The fourth-order valence-electron chi connectivity index (χ4n) is 2.12. The van der Waals surface area contributed by atoms with E-state index in [4.69, 9.17) is 9.47 Å². The first-order valence-electron chi connectivity index (χ1n) is 8.69. The number of carboxylic acids is 2. The van der Waals surface area contributed by atoms with Crippen LogP contribution in [0.15, 0.2) is 37.4 Å². The predicted octanol–water partition coefficient (Wildman–Crippen LogP) is 0.855. The lowest BCUT2D eigenvalue weighted by Crippen LogP contribution is -2.20. The van der Waals surface area contributed by atoms with Gasteiger partial charge in [0.1, 0.15) is 26.4 Å². The fraction of sp³-hybridized carbons (Fsp3) is 0.200. The fourth-order valence-corrected chi connectivity index (χ4v) is 2.12. The van der Waals surface area contributed by atoms with Gasteiger partial charge < -0.3 is 29.2 Å². The quantitative estimate of drug-likeness (QED) is 0.199. The van der Waals surface area contributed by atoms with Crippen molar-refractivity contribution in [3.05, 3.63) is 59.7 Å². The highest BCUT2D eigenvalue weighted by atomic mass is 16.6. The second kappa shape index (κ2) is 12.3. The largest absolute Gasteiger partial charge is 0.478 e. The Labute approximate surface area is 180 Å². The molecule has 0 radical (unpaired) electrons. The Balaban J connectivity index is 3.08. The number of hydrogen-bond acceptors (Lipinski definition) is 10. The molecular formula is C20H18O12. The van der Waals surface area contributed by atoms with Crippen LogP contribution in [0.2, 0.25) is 0 Å². The Kier molecular flexibility index (Phi) is 9.80. The molecule has 0 aliphatic carbocycles. The molecule has 170 valence electrons. The molecule has 0 bridgehead atoms. The second-order valence-corrected chi connectivity index (χ2v) is 5.57. The molecule has 0 saturated carbocycles. The third-order valence-electron chi connectivity index (χ3n) is 3.51. The minimum absolute atomic E-state index is 0.356. The maximum absolute atomic E-state index is 12.2. The van der Waals surface area contributed by atoms with Crippen LogP contribution in [0.4, 0.5) is 0 Å². The molecule has 0 saturated heterocycles. The summed E-state index contributed by atoms with van der Waals surface area (Å²) < 4.78 is 18.8. The number of rotatable bonds is 12. The van der Waals surface area contributed by atoms with Crippen molar-refractivity contribution in [3.8, 4) is 0 Å². The normalized spacial score (nSPS) is 9.75. The number of esters is 4. The van der Waals surface area contributed by atoms with Crippen molar-refractivity contribution in [1.29, 1.82) is 0 Å². The summed E-state index contributed by atoms with van der Waals surface area (Å²) in [5.74, 6) is -7.31. The SMILES string of the molecule is C=CC(=O)OCCOC(=O)c1cc(C(=O)O)c(C(=O)OCCOC(=O)C=C)cc1C(=O)O. The average molecular weight is 450 g/mol. The van der Waals surface area contributed by atoms with E-state index >= 15 is 0 Å². The summed E-state index contributed by atoms with van der Waals surface area (Å²) in [7, 11) is 0. The van der Waals surface area contributed by atoms with Crippen LogP contribution in [0.25, 0.3) is 0 Å². The number of aromatic carboxylic acids is 2. The molecule has 32 heavy (non-hydrogen) atoms. The summed E-state index contributed by atoms with van der Waals surface area (Å²) in [5, 5.41) is 18.7. The van der Waals surface area contributed by atoms with E-state index in [1.807, 2.05) is 0 Å². The molecule has 0 aromatic heterocycles. The molecule has 2 N–H and O–H groups in total. The number of ether oxygens (including phenoxy) is 4. The molecule has 1 aromatic rings. The Morgan fingerprint density at radius 1 is 0.625 bits per heavy atom. The summed E-state index contributed by atoms with van der Waals surface area (Å²) in [6.07, 6.45) is 1.76.